The Labute approximate surface area is 130 Å². The fraction of sp³-hybridized carbons (Fsp3) is 0.500. The van der Waals surface area contributed by atoms with E-state index in [1.807, 2.05) is 24.3 Å². The van der Waals surface area contributed by atoms with Gasteiger partial charge in [0.1, 0.15) is 12.4 Å². The third-order valence-corrected chi connectivity index (χ3v) is 4.19. The smallest absolute Gasteiger partial charge is 0.133 e. The molecule has 108 valence electrons. The van der Waals surface area contributed by atoms with E-state index in [1.165, 1.54) is 0 Å². The summed E-state index contributed by atoms with van der Waals surface area (Å²) >= 11 is 3.49. The molecule has 0 spiro atoms. The molecular weight excluding hydrogens is 316 g/mol. The van der Waals surface area contributed by atoms with Gasteiger partial charge in [-0.2, -0.15) is 0 Å². The predicted octanol–water partition coefficient (Wildman–Crippen LogP) is 2.47. The van der Waals surface area contributed by atoms with Gasteiger partial charge in [-0.15, -0.1) is 12.3 Å². The van der Waals surface area contributed by atoms with Gasteiger partial charge in [-0.05, 0) is 28.1 Å². The summed E-state index contributed by atoms with van der Waals surface area (Å²) < 4.78 is 6.82. The van der Waals surface area contributed by atoms with E-state index in [0.29, 0.717) is 0 Å². The van der Waals surface area contributed by atoms with E-state index in [-0.39, 0.29) is 0 Å². The number of nitrogens with zero attached hydrogens (tertiary/aromatic N) is 2. The number of rotatable bonds is 6. The van der Waals surface area contributed by atoms with Crippen molar-refractivity contribution in [1.29, 1.82) is 0 Å². The quantitative estimate of drug-likeness (QED) is 0.742. The zero-order valence-corrected chi connectivity index (χ0v) is 13.3. The highest BCUT2D eigenvalue weighted by Crippen LogP contribution is 2.23. The van der Waals surface area contributed by atoms with E-state index in [0.717, 1.165) is 62.5 Å². The van der Waals surface area contributed by atoms with Gasteiger partial charge in [-0.25, -0.2) is 0 Å². The van der Waals surface area contributed by atoms with Gasteiger partial charge >= 0.3 is 0 Å². The molecule has 0 aliphatic carbocycles. The SMILES string of the molecule is C#CCCN1CCN(CCOc2ccccc2Br)CC1. The summed E-state index contributed by atoms with van der Waals surface area (Å²) in [6.07, 6.45) is 6.15. The van der Waals surface area contributed by atoms with Crippen LogP contribution in [-0.2, 0) is 0 Å². The number of terminal acetylenes is 1. The lowest BCUT2D eigenvalue weighted by atomic mass is 10.3. The molecular formula is C16H21BrN2O. The number of benzene rings is 1. The van der Waals surface area contributed by atoms with Crippen molar-refractivity contribution in [2.24, 2.45) is 0 Å². The van der Waals surface area contributed by atoms with Gasteiger partial charge in [0.15, 0.2) is 0 Å². The monoisotopic (exact) mass is 336 g/mol. The Kier molecular flexibility index (Phi) is 6.38. The zero-order chi connectivity index (χ0) is 14.2. The summed E-state index contributed by atoms with van der Waals surface area (Å²) in [4.78, 5) is 4.88. The topological polar surface area (TPSA) is 15.7 Å². The highest BCUT2D eigenvalue weighted by molar-refractivity contribution is 9.10. The molecule has 0 aromatic heterocycles. The van der Waals surface area contributed by atoms with E-state index in [2.05, 4.69) is 31.7 Å². The van der Waals surface area contributed by atoms with Crippen molar-refractivity contribution in [1.82, 2.24) is 9.80 Å². The normalized spacial score (nSPS) is 16.8. The second kappa shape index (κ2) is 8.31. The first-order valence-corrected chi connectivity index (χ1v) is 7.84. The van der Waals surface area contributed by atoms with Crippen LogP contribution in [0.3, 0.4) is 0 Å². The lowest BCUT2D eigenvalue weighted by Gasteiger charge is -2.34. The third-order valence-electron chi connectivity index (χ3n) is 3.54. The van der Waals surface area contributed by atoms with E-state index in [9.17, 15) is 0 Å². The highest BCUT2D eigenvalue weighted by atomic mass is 79.9. The lowest BCUT2D eigenvalue weighted by molar-refractivity contribution is 0.118. The number of ether oxygens (including phenoxy) is 1. The van der Waals surface area contributed by atoms with Crippen LogP contribution >= 0.6 is 15.9 Å². The maximum absolute atomic E-state index is 5.80. The van der Waals surface area contributed by atoms with Gasteiger partial charge < -0.3 is 4.74 Å². The summed E-state index contributed by atoms with van der Waals surface area (Å²) in [6, 6.07) is 7.97. The Hall–Kier alpha value is -1.02. The predicted molar refractivity (Wildman–Crippen MR) is 86.0 cm³/mol. The summed E-state index contributed by atoms with van der Waals surface area (Å²) in [7, 11) is 0. The second-order valence-corrected chi connectivity index (χ2v) is 5.77. The Morgan fingerprint density at radius 1 is 1.10 bits per heavy atom. The van der Waals surface area contributed by atoms with Crippen molar-refractivity contribution in [3.63, 3.8) is 0 Å². The Morgan fingerprint density at radius 3 is 2.40 bits per heavy atom. The summed E-state index contributed by atoms with van der Waals surface area (Å²) in [5, 5.41) is 0. The van der Waals surface area contributed by atoms with Crippen LogP contribution in [0.15, 0.2) is 28.7 Å². The van der Waals surface area contributed by atoms with Crippen LogP contribution in [0.1, 0.15) is 6.42 Å². The van der Waals surface area contributed by atoms with Crippen molar-refractivity contribution in [2.75, 3.05) is 45.9 Å². The van der Waals surface area contributed by atoms with Crippen LogP contribution in [0.4, 0.5) is 0 Å². The Morgan fingerprint density at radius 2 is 1.75 bits per heavy atom. The number of halogens is 1. The van der Waals surface area contributed by atoms with E-state index in [1.54, 1.807) is 0 Å². The van der Waals surface area contributed by atoms with Crippen molar-refractivity contribution in [3.05, 3.63) is 28.7 Å². The van der Waals surface area contributed by atoms with E-state index in [4.69, 9.17) is 11.2 Å². The maximum atomic E-state index is 5.80. The summed E-state index contributed by atoms with van der Waals surface area (Å²) in [5.41, 5.74) is 0. The number of hydrogen-bond acceptors (Lipinski definition) is 3. The molecule has 3 nitrogen and oxygen atoms in total. The molecule has 1 saturated heterocycles. The minimum absolute atomic E-state index is 0.729. The Balaban J connectivity index is 1.64. The molecule has 0 N–H and O–H groups in total. The third kappa shape index (κ3) is 4.82. The van der Waals surface area contributed by atoms with Crippen LogP contribution < -0.4 is 4.74 Å². The molecule has 1 fully saturated rings. The number of hydrogen-bond donors (Lipinski definition) is 0. The van der Waals surface area contributed by atoms with Crippen LogP contribution in [0.5, 0.6) is 5.75 Å². The molecule has 1 aromatic rings. The van der Waals surface area contributed by atoms with Gasteiger partial charge in [0.05, 0.1) is 4.47 Å². The standard InChI is InChI=1S/C16H21BrN2O/c1-2-3-8-18-9-11-19(12-10-18)13-14-20-16-7-5-4-6-15(16)17/h1,4-7H,3,8-14H2. The number of para-hydroxylation sites is 1. The molecule has 0 saturated carbocycles. The molecule has 4 heteroatoms. The highest BCUT2D eigenvalue weighted by Gasteiger charge is 2.15. The van der Waals surface area contributed by atoms with Crippen LogP contribution in [0, 0.1) is 12.3 Å². The summed E-state index contributed by atoms with van der Waals surface area (Å²) in [5.74, 6) is 3.62. The molecule has 0 bridgehead atoms. The minimum atomic E-state index is 0.729. The maximum Gasteiger partial charge on any atom is 0.133 e. The second-order valence-electron chi connectivity index (χ2n) is 4.92. The minimum Gasteiger partial charge on any atom is -0.491 e. The fourth-order valence-corrected chi connectivity index (χ4v) is 2.70. The molecule has 0 radical (unpaired) electrons. The molecule has 1 aliphatic heterocycles. The summed E-state index contributed by atoms with van der Waals surface area (Å²) in [6.45, 7) is 7.15. The fourth-order valence-electron chi connectivity index (χ4n) is 2.31. The molecule has 0 atom stereocenters. The first kappa shape index (κ1) is 15.4. The van der Waals surface area contributed by atoms with Gasteiger partial charge in [0.25, 0.3) is 0 Å². The van der Waals surface area contributed by atoms with Crippen molar-refractivity contribution < 1.29 is 4.74 Å². The Bertz CT molecular complexity index is 450. The molecule has 20 heavy (non-hydrogen) atoms. The van der Waals surface area contributed by atoms with Gasteiger partial charge in [-0.1, -0.05) is 12.1 Å². The first-order chi connectivity index (χ1) is 9.79. The van der Waals surface area contributed by atoms with Crippen molar-refractivity contribution >= 4 is 15.9 Å². The van der Waals surface area contributed by atoms with E-state index < -0.39 is 0 Å². The molecule has 1 aliphatic rings. The van der Waals surface area contributed by atoms with Crippen LogP contribution in [0.25, 0.3) is 0 Å². The van der Waals surface area contributed by atoms with Gasteiger partial charge in [0.2, 0.25) is 0 Å². The molecule has 2 rings (SSSR count). The molecule has 1 heterocycles. The molecule has 0 amide bonds. The van der Waals surface area contributed by atoms with Crippen LogP contribution in [0.2, 0.25) is 0 Å². The average molecular weight is 337 g/mol. The van der Waals surface area contributed by atoms with Gasteiger partial charge in [0, 0.05) is 45.7 Å². The molecule has 1 aromatic carbocycles. The number of piperazine rings is 1. The first-order valence-electron chi connectivity index (χ1n) is 7.05. The largest absolute Gasteiger partial charge is 0.491 e. The average Bonchev–Trinajstić information content (AvgIpc) is 2.48. The van der Waals surface area contributed by atoms with Crippen LogP contribution in [-0.4, -0.2) is 55.7 Å². The van der Waals surface area contributed by atoms with Crippen molar-refractivity contribution in [3.8, 4) is 18.1 Å². The lowest BCUT2D eigenvalue weighted by Crippen LogP contribution is -2.47. The molecule has 0 unspecified atom stereocenters. The van der Waals surface area contributed by atoms with Crippen molar-refractivity contribution in [2.45, 2.75) is 6.42 Å². The zero-order valence-electron chi connectivity index (χ0n) is 11.7. The van der Waals surface area contributed by atoms with Gasteiger partial charge in [-0.3, -0.25) is 9.80 Å². The van der Waals surface area contributed by atoms with E-state index >= 15 is 0 Å².